The lowest BCUT2D eigenvalue weighted by molar-refractivity contribution is 1.02. The molecule has 0 aliphatic heterocycles. The highest BCUT2D eigenvalue weighted by atomic mass is 35.5. The number of para-hydroxylation sites is 1. The molecule has 0 saturated heterocycles. The quantitative estimate of drug-likeness (QED) is 0.625. The molecule has 0 aliphatic carbocycles. The van der Waals surface area contributed by atoms with E-state index in [2.05, 4.69) is 17.2 Å². The zero-order valence-corrected chi connectivity index (χ0v) is 13.3. The minimum Gasteiger partial charge on any atom is -0.368 e. The van der Waals surface area contributed by atoms with Crippen LogP contribution in [0.3, 0.4) is 0 Å². The molecule has 0 fully saturated rings. The zero-order chi connectivity index (χ0) is 15.9. The molecule has 0 saturated carbocycles. The molecule has 3 aromatic carbocycles. The van der Waals surface area contributed by atoms with Gasteiger partial charge >= 0.3 is 0 Å². The van der Waals surface area contributed by atoms with Gasteiger partial charge < -0.3 is 5.32 Å². The number of anilines is 1. The second kappa shape index (κ2) is 7.54. The summed E-state index contributed by atoms with van der Waals surface area (Å²) in [5, 5.41) is 4.17. The van der Waals surface area contributed by atoms with Gasteiger partial charge in [0.2, 0.25) is 0 Å². The van der Waals surface area contributed by atoms with E-state index < -0.39 is 0 Å². The predicted octanol–water partition coefficient (Wildman–Crippen LogP) is 5.54. The topological polar surface area (TPSA) is 12.0 Å². The van der Waals surface area contributed by atoms with E-state index in [4.69, 9.17) is 11.6 Å². The first kappa shape index (κ1) is 15.2. The van der Waals surface area contributed by atoms with Gasteiger partial charge in [0.1, 0.15) is 6.04 Å². The highest BCUT2D eigenvalue weighted by Crippen LogP contribution is 2.22. The Morgan fingerprint density at radius 1 is 0.783 bits per heavy atom. The average Bonchev–Trinajstić information content (AvgIpc) is 2.60. The Hall–Kier alpha value is -2.69. The van der Waals surface area contributed by atoms with Crippen LogP contribution in [0.5, 0.6) is 0 Å². The van der Waals surface area contributed by atoms with Crippen molar-refractivity contribution >= 4 is 17.3 Å². The molecule has 0 amide bonds. The van der Waals surface area contributed by atoms with E-state index in [1.807, 2.05) is 84.9 Å². The molecule has 3 rings (SSSR count). The molecule has 0 radical (unpaired) electrons. The van der Waals surface area contributed by atoms with Crippen LogP contribution in [0.1, 0.15) is 17.2 Å². The van der Waals surface area contributed by atoms with Crippen LogP contribution in [0.2, 0.25) is 5.02 Å². The van der Waals surface area contributed by atoms with Crippen LogP contribution in [0.4, 0.5) is 5.69 Å². The Bertz CT molecular complexity index is 816. The average molecular weight is 318 g/mol. The normalized spacial score (nSPS) is 11.2. The first-order valence-electron chi connectivity index (χ1n) is 7.45. The van der Waals surface area contributed by atoms with Gasteiger partial charge in [0, 0.05) is 16.3 Å². The van der Waals surface area contributed by atoms with Gasteiger partial charge in [-0.05, 0) is 42.0 Å². The molecule has 0 spiro atoms. The molecule has 1 N–H and O–H groups in total. The zero-order valence-electron chi connectivity index (χ0n) is 12.5. The van der Waals surface area contributed by atoms with E-state index in [1.165, 1.54) is 0 Å². The molecule has 0 aliphatic rings. The summed E-state index contributed by atoms with van der Waals surface area (Å²) in [6, 6.07) is 27.7. The van der Waals surface area contributed by atoms with Crippen LogP contribution in [0.25, 0.3) is 0 Å². The third-order valence-corrected chi connectivity index (χ3v) is 3.64. The van der Waals surface area contributed by atoms with Crippen molar-refractivity contribution in [3.05, 3.63) is 101 Å². The summed E-state index contributed by atoms with van der Waals surface area (Å²) < 4.78 is 0. The van der Waals surface area contributed by atoms with Crippen molar-refractivity contribution in [3.63, 3.8) is 0 Å². The number of nitrogens with one attached hydrogen (secondary N) is 1. The molecule has 0 heterocycles. The van der Waals surface area contributed by atoms with Crippen molar-refractivity contribution in [2.75, 3.05) is 5.32 Å². The Balaban J connectivity index is 1.92. The van der Waals surface area contributed by atoms with Gasteiger partial charge in [-0.2, -0.15) is 0 Å². The summed E-state index contributed by atoms with van der Waals surface area (Å²) in [5.74, 6) is 6.54. The fourth-order valence-electron chi connectivity index (χ4n) is 2.27. The van der Waals surface area contributed by atoms with Crippen molar-refractivity contribution in [2.45, 2.75) is 6.04 Å². The van der Waals surface area contributed by atoms with Crippen molar-refractivity contribution in [1.82, 2.24) is 0 Å². The largest absolute Gasteiger partial charge is 0.368 e. The molecule has 1 nitrogen and oxygen atoms in total. The number of halogens is 1. The molecule has 23 heavy (non-hydrogen) atoms. The van der Waals surface area contributed by atoms with Crippen molar-refractivity contribution in [2.24, 2.45) is 0 Å². The summed E-state index contributed by atoms with van der Waals surface area (Å²) in [6.07, 6.45) is 0. The molecule has 2 heteroatoms. The maximum atomic E-state index is 6.13. The number of hydrogen-bond donors (Lipinski definition) is 1. The Morgan fingerprint density at radius 3 is 2.17 bits per heavy atom. The molecular formula is C21H16ClN. The van der Waals surface area contributed by atoms with E-state index in [0.717, 1.165) is 16.8 Å². The van der Waals surface area contributed by atoms with Crippen LogP contribution in [-0.4, -0.2) is 0 Å². The van der Waals surface area contributed by atoms with Gasteiger partial charge in [-0.1, -0.05) is 72.0 Å². The summed E-state index contributed by atoms with van der Waals surface area (Å²) in [6.45, 7) is 0. The van der Waals surface area contributed by atoms with Crippen LogP contribution in [0, 0.1) is 11.8 Å². The van der Waals surface area contributed by atoms with Crippen molar-refractivity contribution in [1.29, 1.82) is 0 Å². The maximum absolute atomic E-state index is 6.13. The lowest BCUT2D eigenvalue weighted by Crippen LogP contribution is -2.08. The lowest BCUT2D eigenvalue weighted by atomic mass is 10.1. The van der Waals surface area contributed by atoms with Gasteiger partial charge in [-0.15, -0.1) is 0 Å². The van der Waals surface area contributed by atoms with E-state index in [9.17, 15) is 0 Å². The Labute approximate surface area is 141 Å². The Morgan fingerprint density at radius 2 is 1.48 bits per heavy atom. The van der Waals surface area contributed by atoms with E-state index >= 15 is 0 Å². The van der Waals surface area contributed by atoms with Crippen LogP contribution in [0.15, 0.2) is 84.9 Å². The molecule has 0 aromatic heterocycles. The summed E-state index contributed by atoms with van der Waals surface area (Å²) in [5.41, 5.74) is 3.07. The molecule has 0 bridgehead atoms. The first-order chi connectivity index (χ1) is 11.3. The van der Waals surface area contributed by atoms with Crippen LogP contribution >= 0.6 is 11.6 Å². The van der Waals surface area contributed by atoms with Gasteiger partial charge in [0.25, 0.3) is 0 Å². The highest BCUT2D eigenvalue weighted by molar-refractivity contribution is 6.30. The second-order valence-electron chi connectivity index (χ2n) is 5.13. The SMILES string of the molecule is Clc1cccc(C(C#Cc2ccccc2)Nc2ccccc2)c1. The lowest BCUT2D eigenvalue weighted by Gasteiger charge is -2.15. The standard InChI is InChI=1S/C21H16ClN/c22-19-11-7-10-18(16-19)21(23-20-12-5-2-6-13-20)15-14-17-8-3-1-4-9-17/h1-13,16,21,23H. The van der Waals surface area contributed by atoms with Gasteiger partial charge in [0.05, 0.1) is 0 Å². The summed E-state index contributed by atoms with van der Waals surface area (Å²) in [4.78, 5) is 0. The third-order valence-electron chi connectivity index (χ3n) is 3.40. The number of hydrogen-bond acceptors (Lipinski definition) is 1. The summed E-state index contributed by atoms with van der Waals surface area (Å²) >= 11 is 6.13. The predicted molar refractivity (Wildman–Crippen MR) is 97.6 cm³/mol. The maximum Gasteiger partial charge on any atom is 0.114 e. The molecule has 1 unspecified atom stereocenters. The molecule has 1 atom stereocenters. The van der Waals surface area contributed by atoms with Gasteiger partial charge in [-0.3, -0.25) is 0 Å². The minimum atomic E-state index is -0.128. The smallest absolute Gasteiger partial charge is 0.114 e. The van der Waals surface area contributed by atoms with Crippen molar-refractivity contribution < 1.29 is 0 Å². The fraction of sp³-hybridized carbons (Fsp3) is 0.0476. The monoisotopic (exact) mass is 317 g/mol. The third kappa shape index (κ3) is 4.39. The van der Waals surface area contributed by atoms with Crippen LogP contribution < -0.4 is 5.32 Å². The molecule has 112 valence electrons. The van der Waals surface area contributed by atoms with Crippen LogP contribution in [-0.2, 0) is 0 Å². The van der Waals surface area contributed by atoms with E-state index in [1.54, 1.807) is 0 Å². The number of rotatable bonds is 3. The fourth-order valence-corrected chi connectivity index (χ4v) is 2.47. The van der Waals surface area contributed by atoms with Crippen molar-refractivity contribution in [3.8, 4) is 11.8 Å². The van der Waals surface area contributed by atoms with E-state index in [0.29, 0.717) is 5.02 Å². The summed E-state index contributed by atoms with van der Waals surface area (Å²) in [7, 11) is 0. The minimum absolute atomic E-state index is 0.128. The number of benzene rings is 3. The first-order valence-corrected chi connectivity index (χ1v) is 7.83. The highest BCUT2D eigenvalue weighted by Gasteiger charge is 2.08. The Kier molecular flexibility index (Phi) is 4.99. The molecular weight excluding hydrogens is 302 g/mol. The second-order valence-corrected chi connectivity index (χ2v) is 5.57. The van der Waals surface area contributed by atoms with Gasteiger partial charge in [-0.25, -0.2) is 0 Å². The van der Waals surface area contributed by atoms with E-state index in [-0.39, 0.29) is 6.04 Å². The molecule has 3 aromatic rings. The van der Waals surface area contributed by atoms with Gasteiger partial charge in [0.15, 0.2) is 0 Å².